The van der Waals surface area contributed by atoms with Crippen LogP contribution in [0.4, 0.5) is 0 Å². The lowest BCUT2D eigenvalue weighted by molar-refractivity contribution is 0.0698. The lowest BCUT2D eigenvalue weighted by atomic mass is 10.4. The van der Waals surface area contributed by atoms with Crippen LogP contribution in [0.15, 0.2) is 0 Å². The van der Waals surface area contributed by atoms with Crippen LogP contribution in [0, 0.1) is 12.3 Å². The van der Waals surface area contributed by atoms with Gasteiger partial charge in [0, 0.05) is 0 Å². The zero-order valence-electron chi connectivity index (χ0n) is 6.71. The Morgan fingerprint density at radius 3 is 2.79 bits per heavy atom. The number of terminal acetylenes is 1. The van der Waals surface area contributed by atoms with E-state index in [0.29, 0.717) is 0 Å². The minimum atomic E-state index is -1.14. The topological polar surface area (TPSA) is 46.5 Å². The van der Waals surface area contributed by atoms with Crippen molar-refractivity contribution in [2.45, 2.75) is 0 Å². The highest BCUT2D eigenvalue weighted by Gasteiger charge is 2.21. The summed E-state index contributed by atoms with van der Waals surface area (Å²) < 4.78 is 5.15. The predicted molar refractivity (Wildman–Crippen MR) is 55.6 cm³/mol. The highest BCUT2D eigenvalue weighted by Crippen LogP contribution is 2.42. The van der Waals surface area contributed by atoms with E-state index in [1.54, 1.807) is 0 Å². The summed E-state index contributed by atoms with van der Waals surface area (Å²) in [6.45, 7) is -0.0485. The molecule has 0 aliphatic heterocycles. The zero-order valence-corrected chi connectivity index (χ0v) is 9.04. The van der Waals surface area contributed by atoms with Crippen LogP contribution in [0.1, 0.15) is 9.67 Å². The number of hydrogen-bond acceptors (Lipinski definition) is 3. The molecular weight excluding hydrogens is 247 g/mol. The molecule has 0 atom stereocenters. The van der Waals surface area contributed by atoms with Crippen LogP contribution < -0.4 is 4.74 Å². The molecule has 0 bridgehead atoms. The summed E-state index contributed by atoms with van der Waals surface area (Å²) in [5.41, 5.74) is 0. The van der Waals surface area contributed by atoms with Gasteiger partial charge in [0.25, 0.3) is 0 Å². The van der Waals surface area contributed by atoms with Crippen molar-refractivity contribution in [2.75, 3.05) is 6.61 Å². The molecule has 0 aromatic carbocycles. The van der Waals surface area contributed by atoms with Crippen molar-refractivity contribution < 1.29 is 14.6 Å². The molecule has 0 aliphatic rings. The average Bonchev–Trinajstić information content (AvgIpc) is 2.41. The molecular formula is C8H4Cl2O3S. The van der Waals surface area contributed by atoms with Gasteiger partial charge in [-0.05, 0) is 0 Å². The second kappa shape index (κ2) is 4.56. The van der Waals surface area contributed by atoms with Crippen molar-refractivity contribution >= 4 is 40.5 Å². The molecule has 0 aliphatic carbocycles. The Balaban J connectivity index is 3.11. The van der Waals surface area contributed by atoms with E-state index in [4.69, 9.17) is 39.5 Å². The van der Waals surface area contributed by atoms with E-state index < -0.39 is 5.97 Å². The van der Waals surface area contributed by atoms with Crippen molar-refractivity contribution in [3.8, 4) is 18.1 Å². The van der Waals surface area contributed by atoms with Crippen molar-refractivity contribution in [1.82, 2.24) is 0 Å². The van der Waals surface area contributed by atoms with Crippen LogP contribution >= 0.6 is 34.5 Å². The summed E-state index contributed by atoms with van der Waals surface area (Å²) in [4.78, 5) is 10.7. The van der Waals surface area contributed by atoms with E-state index in [-0.39, 0.29) is 26.6 Å². The Labute approximate surface area is 94.2 Å². The van der Waals surface area contributed by atoms with Crippen LogP contribution in [0.3, 0.4) is 0 Å². The van der Waals surface area contributed by atoms with Crippen LogP contribution in [-0.2, 0) is 0 Å². The monoisotopic (exact) mass is 250 g/mol. The molecule has 1 N–H and O–H groups in total. The van der Waals surface area contributed by atoms with Gasteiger partial charge in [0.05, 0.1) is 0 Å². The first-order chi connectivity index (χ1) is 6.57. The Bertz CT molecular complexity index is 405. The Morgan fingerprint density at radius 2 is 2.29 bits per heavy atom. The summed E-state index contributed by atoms with van der Waals surface area (Å²) in [6.07, 6.45) is 4.96. The number of hydrogen-bond donors (Lipinski definition) is 1. The fraction of sp³-hybridized carbons (Fsp3) is 0.125. The van der Waals surface area contributed by atoms with Gasteiger partial charge in [0.2, 0.25) is 0 Å². The summed E-state index contributed by atoms with van der Waals surface area (Å²) in [5, 5.41) is 8.85. The van der Waals surface area contributed by atoms with E-state index in [2.05, 4.69) is 5.92 Å². The van der Waals surface area contributed by atoms with Crippen molar-refractivity contribution in [3.63, 3.8) is 0 Å². The molecule has 3 nitrogen and oxygen atoms in total. The number of rotatable bonds is 3. The molecule has 6 heteroatoms. The lowest BCUT2D eigenvalue weighted by Gasteiger charge is -2.00. The normalized spacial score (nSPS) is 9.50. The maximum Gasteiger partial charge on any atom is 0.349 e. The van der Waals surface area contributed by atoms with Crippen molar-refractivity contribution in [1.29, 1.82) is 0 Å². The molecule has 14 heavy (non-hydrogen) atoms. The largest absolute Gasteiger partial charge is 0.478 e. The van der Waals surface area contributed by atoms with Gasteiger partial charge in [0.15, 0.2) is 10.6 Å². The molecule has 74 valence electrons. The molecule has 0 saturated carbocycles. The fourth-order valence-electron chi connectivity index (χ4n) is 0.753. The van der Waals surface area contributed by atoms with Crippen LogP contribution in [-0.4, -0.2) is 17.7 Å². The number of carbonyl (C=O) groups is 1. The third-order valence-corrected chi connectivity index (χ3v) is 3.20. The number of thiophene rings is 1. The first-order valence-electron chi connectivity index (χ1n) is 3.35. The maximum atomic E-state index is 10.7. The van der Waals surface area contributed by atoms with Gasteiger partial charge in [0.1, 0.15) is 16.0 Å². The van der Waals surface area contributed by atoms with Gasteiger partial charge in [-0.15, -0.1) is 17.8 Å². The maximum absolute atomic E-state index is 10.7. The zero-order chi connectivity index (χ0) is 10.7. The second-order valence-corrected chi connectivity index (χ2v) is 4.15. The van der Waals surface area contributed by atoms with Crippen molar-refractivity contribution in [3.05, 3.63) is 14.2 Å². The van der Waals surface area contributed by atoms with Crippen LogP contribution in [0.5, 0.6) is 5.75 Å². The summed E-state index contributed by atoms with van der Waals surface area (Å²) in [7, 11) is 0. The summed E-state index contributed by atoms with van der Waals surface area (Å²) in [6, 6.07) is 0. The number of carboxylic acids is 1. The van der Waals surface area contributed by atoms with Gasteiger partial charge < -0.3 is 9.84 Å². The van der Waals surface area contributed by atoms with Crippen LogP contribution in [0.2, 0.25) is 9.36 Å². The molecule has 1 aromatic heterocycles. The second-order valence-electron chi connectivity index (χ2n) is 2.15. The molecule has 0 radical (unpaired) electrons. The first kappa shape index (κ1) is 11.2. The molecule has 0 amide bonds. The highest BCUT2D eigenvalue weighted by atomic mass is 35.5. The Morgan fingerprint density at radius 1 is 1.64 bits per heavy atom. The van der Waals surface area contributed by atoms with E-state index in [0.717, 1.165) is 11.3 Å². The van der Waals surface area contributed by atoms with E-state index in [9.17, 15) is 4.79 Å². The van der Waals surface area contributed by atoms with Gasteiger partial charge >= 0.3 is 5.97 Å². The summed E-state index contributed by atoms with van der Waals surface area (Å²) in [5.74, 6) is 1.10. The molecule has 0 spiro atoms. The molecule has 0 unspecified atom stereocenters. The van der Waals surface area contributed by atoms with Gasteiger partial charge in [-0.1, -0.05) is 29.1 Å². The molecule has 0 saturated heterocycles. The van der Waals surface area contributed by atoms with Gasteiger partial charge in [-0.25, -0.2) is 4.79 Å². The van der Waals surface area contributed by atoms with E-state index in [1.807, 2.05) is 0 Å². The Hall–Kier alpha value is -0.890. The molecule has 1 heterocycles. The third-order valence-electron chi connectivity index (χ3n) is 1.26. The SMILES string of the molecule is C#CCOc1c(C(=O)O)sc(Cl)c1Cl. The standard InChI is InChI=1S/C8H4Cl2O3S/c1-2-3-13-5-4(9)7(10)14-6(5)8(11)12/h1H,3H2,(H,11,12). The van der Waals surface area contributed by atoms with Crippen LogP contribution in [0.25, 0.3) is 0 Å². The third kappa shape index (κ3) is 2.13. The predicted octanol–water partition coefficient (Wildman–Crippen LogP) is 2.77. The first-order valence-corrected chi connectivity index (χ1v) is 4.92. The number of aromatic carboxylic acids is 1. The molecule has 1 rings (SSSR count). The minimum absolute atomic E-state index is 0.0344. The van der Waals surface area contributed by atoms with Gasteiger partial charge in [-0.3, -0.25) is 0 Å². The number of halogens is 2. The fourth-order valence-corrected chi connectivity index (χ4v) is 2.09. The lowest BCUT2D eigenvalue weighted by Crippen LogP contribution is -1.99. The molecule has 0 fully saturated rings. The van der Waals surface area contributed by atoms with E-state index in [1.165, 1.54) is 0 Å². The Kier molecular flexibility index (Phi) is 3.64. The number of carboxylic acid groups (broad SMARTS) is 1. The van der Waals surface area contributed by atoms with Crippen molar-refractivity contribution in [2.24, 2.45) is 0 Å². The van der Waals surface area contributed by atoms with E-state index >= 15 is 0 Å². The average molecular weight is 251 g/mol. The minimum Gasteiger partial charge on any atom is -0.478 e. The molecule has 1 aromatic rings. The summed E-state index contributed by atoms with van der Waals surface area (Å²) >= 11 is 12.2. The van der Waals surface area contributed by atoms with Gasteiger partial charge in [-0.2, -0.15) is 0 Å². The highest BCUT2D eigenvalue weighted by molar-refractivity contribution is 7.19. The number of ether oxygens (including phenoxy) is 1. The smallest absolute Gasteiger partial charge is 0.349 e. The quantitative estimate of drug-likeness (QED) is 0.840.